The van der Waals surface area contributed by atoms with Crippen molar-refractivity contribution in [2.75, 3.05) is 7.11 Å². The lowest BCUT2D eigenvalue weighted by atomic mass is 9.96. The molecule has 2 amide bonds. The van der Waals surface area contributed by atoms with Gasteiger partial charge >= 0.3 is 18.2 Å². The fraction of sp³-hybridized carbons (Fsp3) is 0.348. The minimum absolute atomic E-state index is 0.338. The summed E-state index contributed by atoms with van der Waals surface area (Å²) in [5, 5.41) is 2.37. The Labute approximate surface area is 190 Å². The van der Waals surface area contributed by atoms with Gasteiger partial charge in [0.2, 0.25) is 5.91 Å². The number of carbonyl (C=O) groups is 3. The third-order valence-electron chi connectivity index (χ3n) is 5.35. The third kappa shape index (κ3) is 4.12. The number of para-hydroxylation sites is 2. The number of hydrogen-bond donors (Lipinski definition) is 1. The molecule has 4 rings (SSSR count). The van der Waals surface area contributed by atoms with E-state index in [2.05, 4.69) is 5.32 Å². The Morgan fingerprint density at radius 1 is 1.00 bits per heavy atom. The van der Waals surface area contributed by atoms with Gasteiger partial charge in [-0.15, -0.1) is 11.8 Å². The Bertz CT molecular complexity index is 959. The highest BCUT2D eigenvalue weighted by molar-refractivity contribution is 8.01. The van der Waals surface area contributed by atoms with Gasteiger partial charge in [0.15, 0.2) is 0 Å². The van der Waals surface area contributed by atoms with Gasteiger partial charge in [0, 0.05) is 4.75 Å². The third-order valence-corrected chi connectivity index (χ3v) is 6.92. The van der Waals surface area contributed by atoms with E-state index in [1.807, 2.05) is 26.0 Å². The van der Waals surface area contributed by atoms with E-state index in [0.29, 0.717) is 11.5 Å². The molecule has 2 aromatic carbocycles. The monoisotopic (exact) mass is 456 g/mol. The van der Waals surface area contributed by atoms with Crippen LogP contribution in [0, 0.1) is 0 Å². The molecule has 32 heavy (non-hydrogen) atoms. The minimum atomic E-state index is -1.31. The van der Waals surface area contributed by atoms with Crippen molar-refractivity contribution in [3.8, 4) is 11.5 Å². The van der Waals surface area contributed by atoms with Crippen molar-refractivity contribution in [1.82, 2.24) is 10.2 Å². The summed E-state index contributed by atoms with van der Waals surface area (Å²) < 4.78 is 15.9. The standard InChI is InChI=1S/C23H24N2O6S/c1-23(2)17(21(28)29-3)25-19(27)16(20(25)32-23)24-18(26)22(30-14-10-6-4-7-11-14)31-15-12-8-5-9-13-15/h4-13,16-17,20,22H,1-3H3,(H,24,26). The summed E-state index contributed by atoms with van der Waals surface area (Å²) in [5.41, 5.74) is 0. The van der Waals surface area contributed by atoms with Crippen LogP contribution in [0.4, 0.5) is 0 Å². The van der Waals surface area contributed by atoms with Gasteiger partial charge in [-0.25, -0.2) is 4.79 Å². The smallest absolute Gasteiger partial charge is 0.330 e. The second-order valence-corrected chi connectivity index (χ2v) is 9.73. The molecular weight excluding hydrogens is 432 g/mol. The maximum Gasteiger partial charge on any atom is 0.330 e. The van der Waals surface area contributed by atoms with Gasteiger partial charge in [-0.05, 0) is 38.1 Å². The summed E-state index contributed by atoms with van der Waals surface area (Å²) in [6.45, 7) is 3.76. The van der Waals surface area contributed by atoms with E-state index in [0.717, 1.165) is 0 Å². The Hall–Kier alpha value is -3.20. The Kier molecular flexibility index (Phi) is 6.01. The summed E-state index contributed by atoms with van der Waals surface area (Å²) in [4.78, 5) is 39.7. The number of amides is 2. The van der Waals surface area contributed by atoms with Crippen LogP contribution in [0.1, 0.15) is 13.8 Å². The van der Waals surface area contributed by atoms with Crippen molar-refractivity contribution in [2.45, 2.75) is 42.3 Å². The molecule has 0 saturated carbocycles. The molecule has 2 heterocycles. The number of esters is 1. The predicted molar refractivity (Wildman–Crippen MR) is 118 cm³/mol. The van der Waals surface area contributed by atoms with Crippen molar-refractivity contribution < 1.29 is 28.6 Å². The van der Waals surface area contributed by atoms with Crippen LogP contribution in [0.5, 0.6) is 11.5 Å². The van der Waals surface area contributed by atoms with Gasteiger partial charge in [0.05, 0.1) is 7.11 Å². The fourth-order valence-electron chi connectivity index (χ4n) is 3.84. The molecule has 2 aliphatic heterocycles. The van der Waals surface area contributed by atoms with Crippen LogP contribution < -0.4 is 14.8 Å². The zero-order chi connectivity index (χ0) is 22.9. The SMILES string of the molecule is COC(=O)C1N2C(=O)C(NC(=O)C(Oc3ccccc3)Oc3ccccc3)C2SC1(C)C. The molecule has 3 atom stereocenters. The number of nitrogens with zero attached hydrogens (tertiary/aromatic N) is 1. The number of benzene rings is 2. The molecule has 9 heteroatoms. The van der Waals surface area contributed by atoms with Crippen molar-refractivity contribution in [2.24, 2.45) is 0 Å². The average Bonchev–Trinajstić information content (AvgIpc) is 3.05. The summed E-state index contributed by atoms with van der Waals surface area (Å²) in [6.07, 6.45) is -1.31. The number of fused-ring (bicyclic) bond motifs is 1. The second kappa shape index (κ2) is 8.74. The molecule has 1 N–H and O–H groups in total. The van der Waals surface area contributed by atoms with Crippen LogP contribution in [-0.2, 0) is 19.1 Å². The number of carbonyl (C=O) groups excluding carboxylic acids is 3. The molecule has 2 fully saturated rings. The van der Waals surface area contributed by atoms with Crippen LogP contribution >= 0.6 is 11.8 Å². The van der Waals surface area contributed by atoms with Crippen LogP contribution in [0.2, 0.25) is 0 Å². The fourth-order valence-corrected chi connectivity index (χ4v) is 5.46. The number of methoxy groups -OCH3 is 1. The molecule has 0 bridgehead atoms. The molecule has 0 aliphatic carbocycles. The van der Waals surface area contributed by atoms with Gasteiger partial charge in [-0.2, -0.15) is 0 Å². The Morgan fingerprint density at radius 2 is 1.53 bits per heavy atom. The summed E-state index contributed by atoms with van der Waals surface area (Å²) in [6, 6.07) is 16.1. The lowest BCUT2D eigenvalue weighted by Crippen LogP contribution is -2.71. The molecule has 0 aromatic heterocycles. The molecule has 2 aromatic rings. The van der Waals surface area contributed by atoms with Crippen molar-refractivity contribution in [1.29, 1.82) is 0 Å². The van der Waals surface area contributed by atoms with Crippen LogP contribution in [0.25, 0.3) is 0 Å². The lowest BCUT2D eigenvalue weighted by Gasteiger charge is -2.44. The zero-order valence-electron chi connectivity index (χ0n) is 17.9. The Balaban J connectivity index is 1.50. The largest absolute Gasteiger partial charge is 0.467 e. The normalized spacial score (nSPS) is 23.2. The van der Waals surface area contributed by atoms with Gasteiger partial charge in [-0.1, -0.05) is 36.4 Å². The summed E-state index contributed by atoms with van der Waals surface area (Å²) >= 11 is 1.45. The van der Waals surface area contributed by atoms with Crippen molar-refractivity contribution >= 4 is 29.5 Å². The topological polar surface area (TPSA) is 94.2 Å². The predicted octanol–water partition coefficient (Wildman–Crippen LogP) is 2.19. The highest BCUT2D eigenvalue weighted by Gasteiger charge is 2.64. The van der Waals surface area contributed by atoms with Crippen LogP contribution in [0.3, 0.4) is 0 Å². The van der Waals surface area contributed by atoms with Gasteiger partial charge < -0.3 is 24.4 Å². The van der Waals surface area contributed by atoms with E-state index in [-0.39, 0.29) is 11.3 Å². The molecule has 3 unspecified atom stereocenters. The highest BCUT2D eigenvalue weighted by atomic mass is 32.2. The minimum Gasteiger partial charge on any atom is -0.467 e. The first-order valence-electron chi connectivity index (χ1n) is 10.1. The van der Waals surface area contributed by atoms with Crippen molar-refractivity contribution in [3.05, 3.63) is 60.7 Å². The first-order chi connectivity index (χ1) is 15.3. The van der Waals surface area contributed by atoms with E-state index >= 15 is 0 Å². The molecule has 8 nitrogen and oxygen atoms in total. The van der Waals surface area contributed by atoms with E-state index in [9.17, 15) is 14.4 Å². The molecule has 0 spiro atoms. The number of rotatable bonds is 7. The summed E-state index contributed by atoms with van der Waals surface area (Å²) in [5.74, 6) is -0.494. The van der Waals surface area contributed by atoms with Crippen molar-refractivity contribution in [3.63, 3.8) is 0 Å². The van der Waals surface area contributed by atoms with E-state index in [4.69, 9.17) is 14.2 Å². The number of nitrogens with one attached hydrogen (secondary N) is 1. The molecular formula is C23H24N2O6S. The molecule has 2 aliphatic rings. The average molecular weight is 457 g/mol. The van der Waals surface area contributed by atoms with Crippen LogP contribution in [0.15, 0.2) is 60.7 Å². The first-order valence-corrected chi connectivity index (χ1v) is 11.0. The quantitative estimate of drug-likeness (QED) is 0.388. The number of ether oxygens (including phenoxy) is 3. The molecule has 0 radical (unpaired) electrons. The maximum atomic E-state index is 13.1. The summed E-state index contributed by atoms with van der Waals surface area (Å²) in [7, 11) is 1.30. The number of hydrogen-bond acceptors (Lipinski definition) is 7. The van der Waals surface area contributed by atoms with E-state index in [1.54, 1.807) is 48.5 Å². The molecule has 168 valence electrons. The highest BCUT2D eigenvalue weighted by Crippen LogP contribution is 2.51. The second-order valence-electron chi connectivity index (χ2n) is 7.96. The maximum absolute atomic E-state index is 13.1. The van der Waals surface area contributed by atoms with E-state index < -0.39 is 35.0 Å². The van der Waals surface area contributed by atoms with Gasteiger partial charge in [-0.3, -0.25) is 9.59 Å². The first kappa shape index (κ1) is 22.0. The van der Waals surface area contributed by atoms with E-state index in [1.165, 1.54) is 23.8 Å². The van der Waals surface area contributed by atoms with Gasteiger partial charge in [0.25, 0.3) is 0 Å². The Morgan fingerprint density at radius 3 is 2.03 bits per heavy atom. The lowest BCUT2D eigenvalue weighted by molar-refractivity contribution is -0.164. The van der Waals surface area contributed by atoms with Gasteiger partial charge in [0.1, 0.15) is 29.0 Å². The van der Waals surface area contributed by atoms with Crippen LogP contribution in [-0.4, -0.2) is 58.3 Å². The number of thioether (sulfide) groups is 1. The number of β-lactam (4-membered cyclic amide) rings is 1. The zero-order valence-corrected chi connectivity index (χ0v) is 18.7. The molecule has 2 saturated heterocycles.